The molecule has 1 heterocycles. The van der Waals surface area contributed by atoms with Crippen LogP contribution < -0.4 is 5.32 Å². The average Bonchev–Trinajstić information content (AvgIpc) is 2.72. The number of amides is 2. The quantitative estimate of drug-likeness (QED) is 0.885. The average molecular weight is 380 g/mol. The van der Waals surface area contributed by atoms with Crippen molar-refractivity contribution in [1.29, 1.82) is 0 Å². The van der Waals surface area contributed by atoms with E-state index in [9.17, 15) is 9.59 Å². The fourth-order valence-corrected chi connectivity index (χ4v) is 3.24. The SMILES string of the molecule is CC(C)(C)c1ccc(C(=O)NCC(=O)N2CCO[C@H](c3ccccc3)C2)cc1. The van der Waals surface area contributed by atoms with E-state index in [1.807, 2.05) is 42.5 Å². The summed E-state index contributed by atoms with van der Waals surface area (Å²) in [6.45, 7) is 7.91. The summed E-state index contributed by atoms with van der Waals surface area (Å²) in [5.41, 5.74) is 2.82. The number of nitrogens with zero attached hydrogens (tertiary/aromatic N) is 1. The molecule has 5 heteroatoms. The number of rotatable bonds is 4. The van der Waals surface area contributed by atoms with Crippen LogP contribution in [0.1, 0.15) is 48.4 Å². The highest BCUT2D eigenvalue weighted by atomic mass is 16.5. The fraction of sp³-hybridized carbons (Fsp3) is 0.391. The second-order valence-corrected chi connectivity index (χ2v) is 8.12. The predicted octanol–water partition coefficient (Wildman–Crippen LogP) is 3.31. The Labute approximate surface area is 166 Å². The lowest BCUT2D eigenvalue weighted by atomic mass is 9.87. The molecule has 3 rings (SSSR count). The number of carbonyl (C=O) groups excluding carboxylic acids is 2. The molecular weight excluding hydrogens is 352 g/mol. The first-order chi connectivity index (χ1) is 13.3. The van der Waals surface area contributed by atoms with Gasteiger partial charge < -0.3 is 15.0 Å². The van der Waals surface area contributed by atoms with Crippen LogP contribution in [-0.4, -0.2) is 43.0 Å². The van der Waals surface area contributed by atoms with Gasteiger partial charge in [0.25, 0.3) is 5.91 Å². The number of ether oxygens (including phenoxy) is 1. The number of carbonyl (C=O) groups is 2. The van der Waals surface area contributed by atoms with E-state index in [0.29, 0.717) is 25.3 Å². The van der Waals surface area contributed by atoms with Gasteiger partial charge in [-0.1, -0.05) is 63.2 Å². The van der Waals surface area contributed by atoms with E-state index in [1.165, 1.54) is 5.56 Å². The van der Waals surface area contributed by atoms with Gasteiger partial charge in [-0.3, -0.25) is 9.59 Å². The number of hydrogen-bond acceptors (Lipinski definition) is 3. The largest absolute Gasteiger partial charge is 0.370 e. The Hall–Kier alpha value is -2.66. The van der Waals surface area contributed by atoms with E-state index in [1.54, 1.807) is 17.0 Å². The van der Waals surface area contributed by atoms with Crippen LogP contribution in [0.4, 0.5) is 0 Å². The maximum Gasteiger partial charge on any atom is 0.251 e. The molecule has 148 valence electrons. The number of hydrogen-bond donors (Lipinski definition) is 1. The van der Waals surface area contributed by atoms with Crippen LogP contribution in [0.3, 0.4) is 0 Å². The smallest absolute Gasteiger partial charge is 0.251 e. The van der Waals surface area contributed by atoms with E-state index in [2.05, 4.69) is 26.1 Å². The Morgan fingerprint density at radius 1 is 1.07 bits per heavy atom. The second-order valence-electron chi connectivity index (χ2n) is 8.12. The molecule has 1 aliphatic heterocycles. The maximum atomic E-state index is 12.6. The van der Waals surface area contributed by atoms with Crippen molar-refractivity contribution in [3.05, 3.63) is 71.3 Å². The summed E-state index contributed by atoms with van der Waals surface area (Å²) in [7, 11) is 0. The lowest BCUT2D eigenvalue weighted by Crippen LogP contribution is -2.46. The minimum absolute atomic E-state index is 0.0125. The molecule has 28 heavy (non-hydrogen) atoms. The van der Waals surface area contributed by atoms with E-state index in [-0.39, 0.29) is 29.9 Å². The highest BCUT2D eigenvalue weighted by molar-refractivity contribution is 5.96. The molecule has 0 unspecified atom stereocenters. The molecule has 0 spiro atoms. The standard InChI is InChI=1S/C23H28N2O3/c1-23(2,3)19-11-9-18(10-12-19)22(27)24-15-21(26)25-13-14-28-20(16-25)17-7-5-4-6-8-17/h4-12,20H,13-16H2,1-3H3,(H,24,27)/t20-/m0/s1. The van der Waals surface area contributed by atoms with Gasteiger partial charge in [-0.2, -0.15) is 0 Å². The van der Waals surface area contributed by atoms with Crippen molar-refractivity contribution in [2.75, 3.05) is 26.2 Å². The fourth-order valence-electron chi connectivity index (χ4n) is 3.24. The molecule has 1 aliphatic rings. The van der Waals surface area contributed by atoms with E-state index in [0.717, 1.165) is 5.56 Å². The van der Waals surface area contributed by atoms with E-state index >= 15 is 0 Å². The van der Waals surface area contributed by atoms with Crippen LogP contribution in [0.5, 0.6) is 0 Å². The van der Waals surface area contributed by atoms with Crippen LogP contribution in [0.25, 0.3) is 0 Å². The summed E-state index contributed by atoms with van der Waals surface area (Å²) in [4.78, 5) is 26.7. The molecule has 1 atom stereocenters. The molecule has 0 bridgehead atoms. The Balaban J connectivity index is 1.54. The number of nitrogens with one attached hydrogen (secondary N) is 1. The van der Waals surface area contributed by atoms with Crippen molar-refractivity contribution >= 4 is 11.8 Å². The van der Waals surface area contributed by atoms with Crippen LogP contribution in [0.15, 0.2) is 54.6 Å². The minimum atomic E-state index is -0.235. The van der Waals surface area contributed by atoms with Crippen molar-refractivity contribution in [1.82, 2.24) is 10.2 Å². The van der Waals surface area contributed by atoms with Gasteiger partial charge in [-0.05, 0) is 28.7 Å². The van der Waals surface area contributed by atoms with Crippen molar-refractivity contribution in [2.45, 2.75) is 32.3 Å². The van der Waals surface area contributed by atoms with E-state index < -0.39 is 0 Å². The maximum absolute atomic E-state index is 12.6. The Kier molecular flexibility index (Phi) is 6.15. The molecule has 1 fully saturated rings. The van der Waals surface area contributed by atoms with Gasteiger partial charge >= 0.3 is 0 Å². The molecule has 2 aromatic carbocycles. The zero-order valence-electron chi connectivity index (χ0n) is 16.8. The Morgan fingerprint density at radius 3 is 2.39 bits per heavy atom. The predicted molar refractivity (Wildman–Crippen MR) is 109 cm³/mol. The molecule has 0 radical (unpaired) electrons. The number of benzene rings is 2. The topological polar surface area (TPSA) is 58.6 Å². The molecule has 0 aromatic heterocycles. The third kappa shape index (κ3) is 4.98. The van der Waals surface area contributed by atoms with Crippen LogP contribution in [0.2, 0.25) is 0 Å². The van der Waals surface area contributed by atoms with Gasteiger partial charge in [0, 0.05) is 12.1 Å². The van der Waals surface area contributed by atoms with Crippen molar-refractivity contribution in [3.63, 3.8) is 0 Å². The summed E-state index contributed by atoms with van der Waals surface area (Å²) >= 11 is 0. The first-order valence-corrected chi connectivity index (χ1v) is 9.67. The molecule has 1 N–H and O–H groups in total. The first-order valence-electron chi connectivity index (χ1n) is 9.67. The lowest BCUT2D eigenvalue weighted by molar-refractivity contribution is -0.137. The monoisotopic (exact) mass is 380 g/mol. The van der Waals surface area contributed by atoms with Crippen LogP contribution >= 0.6 is 0 Å². The zero-order chi connectivity index (χ0) is 20.1. The normalized spacial score (nSPS) is 17.2. The first kappa shape index (κ1) is 20.1. The van der Waals surface area contributed by atoms with Gasteiger partial charge in [0.1, 0.15) is 6.10 Å². The van der Waals surface area contributed by atoms with Gasteiger partial charge in [0.15, 0.2) is 0 Å². The molecule has 0 saturated carbocycles. The summed E-state index contributed by atoms with van der Waals surface area (Å²) in [6.07, 6.45) is -0.125. The van der Waals surface area contributed by atoms with Crippen molar-refractivity contribution in [2.24, 2.45) is 0 Å². The van der Waals surface area contributed by atoms with Crippen LogP contribution in [0, 0.1) is 0 Å². The molecule has 5 nitrogen and oxygen atoms in total. The Bertz CT molecular complexity index is 810. The highest BCUT2D eigenvalue weighted by Gasteiger charge is 2.25. The summed E-state index contributed by atoms with van der Waals surface area (Å²) < 4.78 is 5.80. The zero-order valence-corrected chi connectivity index (χ0v) is 16.8. The molecule has 0 aliphatic carbocycles. The summed E-state index contributed by atoms with van der Waals surface area (Å²) in [6, 6.07) is 17.4. The third-order valence-electron chi connectivity index (χ3n) is 5.00. The van der Waals surface area contributed by atoms with Gasteiger partial charge in [0.05, 0.1) is 19.7 Å². The molecular formula is C23H28N2O3. The second kappa shape index (κ2) is 8.57. The number of morpholine rings is 1. The van der Waals surface area contributed by atoms with Gasteiger partial charge in [-0.25, -0.2) is 0 Å². The van der Waals surface area contributed by atoms with Crippen molar-refractivity contribution < 1.29 is 14.3 Å². The lowest BCUT2D eigenvalue weighted by Gasteiger charge is -2.33. The molecule has 2 amide bonds. The van der Waals surface area contributed by atoms with Crippen molar-refractivity contribution in [3.8, 4) is 0 Å². The molecule has 2 aromatic rings. The minimum Gasteiger partial charge on any atom is -0.370 e. The highest BCUT2D eigenvalue weighted by Crippen LogP contribution is 2.23. The third-order valence-corrected chi connectivity index (χ3v) is 5.00. The summed E-state index contributed by atoms with van der Waals surface area (Å²) in [5.74, 6) is -0.328. The molecule has 1 saturated heterocycles. The van der Waals surface area contributed by atoms with Gasteiger partial charge in [-0.15, -0.1) is 0 Å². The van der Waals surface area contributed by atoms with Crippen LogP contribution in [-0.2, 0) is 14.9 Å². The summed E-state index contributed by atoms with van der Waals surface area (Å²) in [5, 5.41) is 2.74. The van der Waals surface area contributed by atoms with E-state index in [4.69, 9.17) is 4.74 Å². The van der Waals surface area contributed by atoms with Gasteiger partial charge in [0.2, 0.25) is 5.91 Å². The Morgan fingerprint density at radius 2 is 1.75 bits per heavy atom.